The third kappa shape index (κ3) is 3.33. The van der Waals surface area contributed by atoms with E-state index in [-0.39, 0.29) is 42.2 Å². The number of hydrogen-bond acceptors (Lipinski definition) is 4. The van der Waals surface area contributed by atoms with E-state index in [1.165, 1.54) is 30.5 Å². The predicted octanol–water partition coefficient (Wildman–Crippen LogP) is 2.79. The highest BCUT2D eigenvalue weighted by molar-refractivity contribution is 7.89. The molecular weight excluding hydrogens is 390 g/mol. The Balaban J connectivity index is 1.83. The molecule has 2 aromatic heterocycles. The third-order valence-corrected chi connectivity index (χ3v) is 6.05. The van der Waals surface area contributed by atoms with Crippen LogP contribution in [0.3, 0.4) is 0 Å². The van der Waals surface area contributed by atoms with E-state index >= 15 is 0 Å². The van der Waals surface area contributed by atoms with Gasteiger partial charge in [0.1, 0.15) is 5.69 Å². The van der Waals surface area contributed by atoms with Crippen LogP contribution in [0.1, 0.15) is 31.7 Å². The first-order chi connectivity index (χ1) is 13.2. The van der Waals surface area contributed by atoms with Gasteiger partial charge >= 0.3 is 0 Å². The van der Waals surface area contributed by atoms with Crippen LogP contribution in [0.2, 0.25) is 0 Å². The zero-order valence-electron chi connectivity index (χ0n) is 14.7. The minimum Gasteiger partial charge on any atom is -0.328 e. The smallest absolute Gasteiger partial charge is 0.259 e. The lowest BCUT2D eigenvalue weighted by Gasteiger charge is -2.28. The molecule has 0 bridgehead atoms. The fraction of sp³-hybridized carbons (Fsp3) is 0.333. The molecule has 1 aliphatic carbocycles. The number of alkyl halides is 2. The largest absolute Gasteiger partial charge is 0.328 e. The van der Waals surface area contributed by atoms with Crippen molar-refractivity contribution in [3.05, 3.63) is 46.9 Å². The summed E-state index contributed by atoms with van der Waals surface area (Å²) in [5.74, 6) is -2.66. The maximum absolute atomic E-state index is 13.5. The van der Waals surface area contributed by atoms with E-state index in [1.54, 1.807) is 10.7 Å². The molecule has 0 unspecified atom stereocenters. The molecule has 2 heterocycles. The number of H-pyrrole nitrogens is 1. The van der Waals surface area contributed by atoms with Crippen molar-refractivity contribution in [2.24, 2.45) is 5.14 Å². The average Bonchev–Trinajstić information content (AvgIpc) is 3.02. The molecule has 0 aliphatic heterocycles. The van der Waals surface area contributed by atoms with Crippen LogP contribution in [0.5, 0.6) is 0 Å². The Morgan fingerprint density at radius 3 is 2.39 bits per heavy atom. The minimum atomic E-state index is -3.84. The minimum absolute atomic E-state index is 0.0524. The number of benzene rings is 1. The molecule has 0 spiro atoms. The number of nitrogens with two attached hydrogens (primary N) is 1. The summed E-state index contributed by atoms with van der Waals surface area (Å²) < 4.78 is 51.6. The maximum atomic E-state index is 13.5. The van der Waals surface area contributed by atoms with Crippen LogP contribution in [-0.4, -0.2) is 29.1 Å². The molecule has 1 saturated carbocycles. The van der Waals surface area contributed by atoms with Gasteiger partial charge in [-0.25, -0.2) is 22.3 Å². The fourth-order valence-electron chi connectivity index (χ4n) is 3.65. The number of fused-ring (bicyclic) bond motifs is 1. The van der Waals surface area contributed by atoms with E-state index in [9.17, 15) is 22.0 Å². The van der Waals surface area contributed by atoms with E-state index in [0.717, 1.165) is 0 Å². The number of aromatic nitrogens is 3. The van der Waals surface area contributed by atoms with Crippen molar-refractivity contribution < 1.29 is 17.2 Å². The van der Waals surface area contributed by atoms with Gasteiger partial charge in [0, 0.05) is 24.6 Å². The van der Waals surface area contributed by atoms with Crippen LogP contribution >= 0.6 is 0 Å². The molecule has 10 heteroatoms. The van der Waals surface area contributed by atoms with Crippen molar-refractivity contribution in [1.29, 1.82) is 0 Å². The summed E-state index contributed by atoms with van der Waals surface area (Å²) in [5, 5.41) is 10.0. The first-order valence-electron chi connectivity index (χ1n) is 8.77. The summed E-state index contributed by atoms with van der Waals surface area (Å²) >= 11 is 0. The van der Waals surface area contributed by atoms with Crippen LogP contribution in [0.4, 0.5) is 8.78 Å². The van der Waals surface area contributed by atoms with Gasteiger partial charge in [0.15, 0.2) is 0 Å². The summed E-state index contributed by atoms with van der Waals surface area (Å²) in [6.07, 6.45) is 1.58. The first kappa shape index (κ1) is 18.8. The van der Waals surface area contributed by atoms with Crippen molar-refractivity contribution in [2.45, 2.75) is 42.5 Å². The van der Waals surface area contributed by atoms with Crippen molar-refractivity contribution in [2.75, 3.05) is 0 Å². The maximum Gasteiger partial charge on any atom is 0.259 e. The van der Waals surface area contributed by atoms with Gasteiger partial charge in [0.05, 0.1) is 21.8 Å². The van der Waals surface area contributed by atoms with Crippen molar-refractivity contribution in [3.8, 4) is 11.3 Å². The molecule has 1 fully saturated rings. The number of pyridine rings is 1. The molecular formula is C18H18F2N4O3S. The van der Waals surface area contributed by atoms with Gasteiger partial charge in [-0.15, -0.1) is 0 Å². The molecule has 1 aliphatic rings. The van der Waals surface area contributed by atoms with Crippen LogP contribution in [0.25, 0.3) is 22.2 Å². The fourth-order valence-corrected chi connectivity index (χ4v) is 4.17. The number of halogens is 2. The van der Waals surface area contributed by atoms with Crippen LogP contribution in [-0.2, 0) is 10.0 Å². The highest BCUT2D eigenvalue weighted by atomic mass is 32.2. The molecule has 7 nitrogen and oxygen atoms in total. The number of rotatable bonds is 3. The predicted molar refractivity (Wildman–Crippen MR) is 99.6 cm³/mol. The number of sulfonamides is 1. The lowest BCUT2D eigenvalue weighted by Crippen LogP contribution is -2.26. The first-order valence-corrected chi connectivity index (χ1v) is 10.3. The van der Waals surface area contributed by atoms with E-state index in [0.29, 0.717) is 22.2 Å². The standard InChI is InChI=1S/C18H18F2N4O3S/c19-18(20)8-5-12(6-9-18)24-14-7-10-22-17(25)15(14)16(23-24)11-1-3-13(4-2-11)28(21,26)27/h1-4,7,10,12H,5-6,8-9H2,(H,22,25)(H2,21,26,27). The van der Waals surface area contributed by atoms with Gasteiger partial charge in [-0.1, -0.05) is 12.1 Å². The molecule has 0 amide bonds. The average molecular weight is 408 g/mol. The molecule has 3 N–H and O–H groups in total. The normalized spacial score (nSPS) is 17.8. The third-order valence-electron chi connectivity index (χ3n) is 5.12. The quantitative estimate of drug-likeness (QED) is 0.694. The SMILES string of the molecule is NS(=O)(=O)c1ccc(-c2nn(C3CCC(F)(F)CC3)c3cc[nH]c(=O)c23)cc1. The second-order valence-corrected chi connectivity index (χ2v) is 8.58. The highest BCUT2D eigenvalue weighted by Gasteiger charge is 2.36. The van der Waals surface area contributed by atoms with Gasteiger partial charge in [0.2, 0.25) is 15.9 Å². The van der Waals surface area contributed by atoms with Gasteiger partial charge < -0.3 is 4.98 Å². The molecule has 28 heavy (non-hydrogen) atoms. The number of aromatic amines is 1. The van der Waals surface area contributed by atoms with E-state index in [1.807, 2.05) is 0 Å². The summed E-state index contributed by atoms with van der Waals surface area (Å²) in [5.41, 5.74) is 1.11. The molecule has 0 saturated heterocycles. The Kier molecular flexibility index (Phi) is 4.35. The molecule has 148 valence electrons. The Morgan fingerprint density at radius 1 is 1.14 bits per heavy atom. The lowest BCUT2D eigenvalue weighted by molar-refractivity contribution is -0.0445. The second-order valence-electron chi connectivity index (χ2n) is 7.02. The van der Waals surface area contributed by atoms with Gasteiger partial charge in [-0.3, -0.25) is 9.48 Å². The Labute approximate surface area is 159 Å². The highest BCUT2D eigenvalue weighted by Crippen LogP contribution is 2.40. The van der Waals surface area contributed by atoms with E-state index < -0.39 is 15.9 Å². The van der Waals surface area contributed by atoms with Crippen molar-refractivity contribution in [3.63, 3.8) is 0 Å². The Morgan fingerprint density at radius 2 is 1.79 bits per heavy atom. The monoisotopic (exact) mass is 408 g/mol. The molecule has 0 radical (unpaired) electrons. The van der Waals surface area contributed by atoms with Crippen molar-refractivity contribution >= 4 is 20.9 Å². The summed E-state index contributed by atoms with van der Waals surface area (Å²) in [6, 6.07) is 7.18. The molecule has 1 aromatic carbocycles. The second kappa shape index (κ2) is 6.49. The zero-order chi connectivity index (χ0) is 20.1. The summed E-state index contributed by atoms with van der Waals surface area (Å²) in [6.45, 7) is 0. The van der Waals surface area contributed by atoms with E-state index in [2.05, 4.69) is 10.1 Å². The zero-order valence-corrected chi connectivity index (χ0v) is 15.5. The molecule has 4 rings (SSSR count). The van der Waals surface area contributed by atoms with Crippen LogP contribution in [0, 0.1) is 0 Å². The van der Waals surface area contributed by atoms with Gasteiger partial charge in [0.25, 0.3) is 5.56 Å². The Bertz CT molecular complexity index is 1190. The van der Waals surface area contributed by atoms with E-state index in [4.69, 9.17) is 5.14 Å². The van der Waals surface area contributed by atoms with Gasteiger partial charge in [-0.05, 0) is 31.0 Å². The molecule has 0 atom stereocenters. The summed E-state index contributed by atoms with van der Waals surface area (Å²) in [4.78, 5) is 15.0. The number of nitrogens with one attached hydrogen (secondary N) is 1. The number of nitrogens with zero attached hydrogens (tertiary/aromatic N) is 2. The van der Waals surface area contributed by atoms with Gasteiger partial charge in [-0.2, -0.15) is 5.10 Å². The Hall–Kier alpha value is -2.59. The lowest BCUT2D eigenvalue weighted by atomic mass is 9.92. The molecule has 3 aromatic rings. The van der Waals surface area contributed by atoms with Crippen LogP contribution < -0.4 is 10.7 Å². The number of hydrogen-bond donors (Lipinski definition) is 2. The number of primary sulfonamides is 1. The van der Waals surface area contributed by atoms with Crippen LogP contribution in [0.15, 0.2) is 46.2 Å². The van der Waals surface area contributed by atoms with Crippen molar-refractivity contribution in [1.82, 2.24) is 14.8 Å². The summed E-state index contributed by atoms with van der Waals surface area (Å²) in [7, 11) is -3.84. The topological polar surface area (TPSA) is 111 Å².